The van der Waals surface area contributed by atoms with Crippen LogP contribution >= 0.6 is 22.6 Å². The highest BCUT2D eigenvalue weighted by atomic mass is 127. The van der Waals surface area contributed by atoms with Gasteiger partial charge in [0.1, 0.15) is 23.5 Å². The molecule has 8 heteroatoms. The van der Waals surface area contributed by atoms with Gasteiger partial charge in [0.25, 0.3) is 5.91 Å². The fourth-order valence-corrected chi connectivity index (χ4v) is 3.27. The van der Waals surface area contributed by atoms with Gasteiger partial charge in [-0.1, -0.05) is 0 Å². The highest BCUT2D eigenvalue weighted by Gasteiger charge is 2.14. The maximum absolute atomic E-state index is 12.5. The van der Waals surface area contributed by atoms with Crippen molar-refractivity contribution < 1.29 is 19.0 Å². The Morgan fingerprint density at radius 2 is 1.80 bits per heavy atom. The highest BCUT2D eigenvalue weighted by Crippen LogP contribution is 2.35. The average Bonchev–Trinajstić information content (AvgIpc) is 2.73. The van der Waals surface area contributed by atoms with E-state index < -0.39 is 5.91 Å². The van der Waals surface area contributed by atoms with Crippen LogP contribution in [0.25, 0.3) is 6.08 Å². The van der Waals surface area contributed by atoms with Gasteiger partial charge in [0.15, 0.2) is 18.1 Å². The van der Waals surface area contributed by atoms with Gasteiger partial charge in [-0.2, -0.15) is 10.5 Å². The number of ether oxygens (including phenoxy) is 3. The van der Waals surface area contributed by atoms with Crippen molar-refractivity contribution in [2.45, 2.75) is 13.8 Å². The van der Waals surface area contributed by atoms with Crippen LogP contribution in [0.4, 0.5) is 5.69 Å². The number of rotatable bonds is 9. The molecule has 0 atom stereocenters. The molecule has 0 saturated heterocycles. The predicted octanol–water partition coefficient (Wildman–Crippen LogP) is 4.54. The van der Waals surface area contributed by atoms with Gasteiger partial charge in [0.2, 0.25) is 0 Å². The molecule has 0 spiro atoms. The zero-order valence-electron chi connectivity index (χ0n) is 16.6. The van der Waals surface area contributed by atoms with Crippen molar-refractivity contribution in [3.8, 4) is 29.4 Å². The topological polar surface area (TPSA) is 104 Å². The Kier molecular flexibility index (Phi) is 8.98. The molecule has 0 fully saturated rings. The summed E-state index contributed by atoms with van der Waals surface area (Å²) in [7, 11) is 0. The summed E-state index contributed by atoms with van der Waals surface area (Å²) in [5, 5.41) is 20.9. The molecule has 0 saturated carbocycles. The second-order valence-corrected chi connectivity index (χ2v) is 6.95. The number of anilines is 1. The molecule has 0 radical (unpaired) electrons. The fraction of sp³-hybridized carbons (Fsp3) is 0.227. The lowest BCUT2D eigenvalue weighted by atomic mass is 10.1. The van der Waals surface area contributed by atoms with E-state index in [0.717, 1.165) is 0 Å². The summed E-state index contributed by atoms with van der Waals surface area (Å²) in [4.78, 5) is 12.5. The Hall–Kier alpha value is -3.24. The van der Waals surface area contributed by atoms with Crippen LogP contribution < -0.4 is 19.5 Å². The van der Waals surface area contributed by atoms with Gasteiger partial charge >= 0.3 is 0 Å². The van der Waals surface area contributed by atoms with E-state index in [1.54, 1.807) is 36.4 Å². The number of hydrogen-bond acceptors (Lipinski definition) is 6. The summed E-state index contributed by atoms with van der Waals surface area (Å²) in [6.07, 6.45) is 1.47. The number of halogens is 1. The van der Waals surface area contributed by atoms with Gasteiger partial charge in [-0.15, -0.1) is 0 Å². The lowest BCUT2D eigenvalue weighted by Crippen LogP contribution is -2.13. The van der Waals surface area contributed by atoms with Crippen LogP contribution in [0.5, 0.6) is 17.2 Å². The largest absolute Gasteiger partial charge is 0.494 e. The Balaban J connectivity index is 2.26. The Labute approximate surface area is 189 Å². The molecule has 0 bridgehead atoms. The fourth-order valence-electron chi connectivity index (χ4n) is 2.49. The number of carbonyl (C=O) groups is 1. The van der Waals surface area contributed by atoms with Crippen LogP contribution in [0, 0.1) is 26.2 Å². The van der Waals surface area contributed by atoms with Crippen molar-refractivity contribution in [1.82, 2.24) is 0 Å². The molecule has 0 aliphatic heterocycles. The number of benzene rings is 2. The summed E-state index contributed by atoms with van der Waals surface area (Å²) in [6.45, 7) is 4.55. The van der Waals surface area contributed by atoms with Crippen LogP contribution in [0.3, 0.4) is 0 Å². The summed E-state index contributed by atoms with van der Waals surface area (Å²) in [5.74, 6) is 1.06. The monoisotopic (exact) mass is 517 g/mol. The zero-order valence-corrected chi connectivity index (χ0v) is 18.7. The first kappa shape index (κ1) is 23.0. The van der Waals surface area contributed by atoms with E-state index in [0.29, 0.717) is 45.3 Å². The molecule has 30 heavy (non-hydrogen) atoms. The van der Waals surface area contributed by atoms with Gasteiger partial charge in [-0.05, 0) is 84.5 Å². The second-order valence-electron chi connectivity index (χ2n) is 5.79. The van der Waals surface area contributed by atoms with Crippen molar-refractivity contribution >= 4 is 40.3 Å². The molecular formula is C22H20IN3O4. The Morgan fingerprint density at radius 3 is 2.40 bits per heavy atom. The molecule has 1 amide bonds. The normalized spacial score (nSPS) is 10.5. The first-order valence-corrected chi connectivity index (χ1v) is 10.2. The summed E-state index contributed by atoms with van der Waals surface area (Å²) in [6, 6.07) is 14.2. The van der Waals surface area contributed by atoms with Crippen LogP contribution in [0.15, 0.2) is 42.0 Å². The summed E-state index contributed by atoms with van der Waals surface area (Å²) >= 11 is 2.06. The molecule has 1 N–H and O–H groups in total. The third-order valence-electron chi connectivity index (χ3n) is 3.71. The average molecular weight is 517 g/mol. The first-order chi connectivity index (χ1) is 14.5. The van der Waals surface area contributed by atoms with Gasteiger partial charge < -0.3 is 19.5 Å². The standard InChI is InChI=1S/C22H20IN3O4/c1-3-28-18-7-5-17(6-8-18)26-22(27)16(14-25)11-15-12-19(23)21(30-10-9-24)20(13-15)29-4-2/h5-8,11-13H,3-4,10H2,1-2H3,(H,26,27)/b16-11+. The molecule has 0 unspecified atom stereocenters. The number of nitrogens with zero attached hydrogens (tertiary/aromatic N) is 2. The maximum atomic E-state index is 12.5. The molecule has 0 aliphatic rings. The number of nitriles is 2. The summed E-state index contributed by atoms with van der Waals surface area (Å²) < 4.78 is 17.1. The third kappa shape index (κ3) is 6.39. The molecule has 154 valence electrons. The molecule has 0 aliphatic carbocycles. The van der Waals surface area contributed by atoms with Gasteiger partial charge in [-0.25, -0.2) is 0 Å². The van der Waals surface area contributed by atoms with E-state index in [1.165, 1.54) is 6.08 Å². The minimum atomic E-state index is -0.528. The second kappa shape index (κ2) is 11.7. The van der Waals surface area contributed by atoms with Gasteiger partial charge in [-0.3, -0.25) is 4.79 Å². The van der Waals surface area contributed by atoms with E-state index in [9.17, 15) is 10.1 Å². The number of hydrogen-bond donors (Lipinski definition) is 1. The Morgan fingerprint density at radius 1 is 1.10 bits per heavy atom. The molecular weight excluding hydrogens is 497 g/mol. The number of nitrogens with one attached hydrogen (secondary N) is 1. The number of carbonyl (C=O) groups excluding carboxylic acids is 1. The van der Waals surface area contributed by atoms with Gasteiger partial charge in [0.05, 0.1) is 16.8 Å². The maximum Gasteiger partial charge on any atom is 0.266 e. The lowest BCUT2D eigenvalue weighted by molar-refractivity contribution is -0.112. The van der Waals surface area contributed by atoms with E-state index in [4.69, 9.17) is 19.5 Å². The van der Waals surface area contributed by atoms with E-state index >= 15 is 0 Å². The molecule has 2 aromatic rings. The minimum Gasteiger partial charge on any atom is -0.494 e. The van der Waals surface area contributed by atoms with E-state index in [2.05, 4.69) is 27.9 Å². The van der Waals surface area contributed by atoms with Crippen molar-refractivity contribution in [3.63, 3.8) is 0 Å². The van der Waals surface area contributed by atoms with Crippen LogP contribution in [-0.2, 0) is 4.79 Å². The molecule has 0 aromatic heterocycles. The van der Waals surface area contributed by atoms with Crippen molar-refractivity contribution in [3.05, 3.63) is 51.1 Å². The zero-order chi connectivity index (χ0) is 21.9. The quantitative estimate of drug-likeness (QED) is 0.298. The molecule has 0 heterocycles. The van der Waals surface area contributed by atoms with Crippen LogP contribution in [0.1, 0.15) is 19.4 Å². The Bertz CT molecular complexity index is 1000. The van der Waals surface area contributed by atoms with Crippen molar-refractivity contribution in [2.75, 3.05) is 25.1 Å². The third-order valence-corrected chi connectivity index (χ3v) is 4.51. The molecule has 2 rings (SSSR count). The van der Waals surface area contributed by atoms with E-state index in [-0.39, 0.29) is 12.2 Å². The van der Waals surface area contributed by atoms with Gasteiger partial charge in [0, 0.05) is 5.69 Å². The molecule has 2 aromatic carbocycles. The first-order valence-electron chi connectivity index (χ1n) is 9.14. The van der Waals surface area contributed by atoms with E-state index in [1.807, 2.05) is 26.0 Å². The van der Waals surface area contributed by atoms with Crippen LogP contribution in [0.2, 0.25) is 0 Å². The minimum absolute atomic E-state index is 0.0622. The predicted molar refractivity (Wildman–Crippen MR) is 121 cm³/mol. The highest BCUT2D eigenvalue weighted by molar-refractivity contribution is 14.1. The van der Waals surface area contributed by atoms with Crippen LogP contribution in [-0.4, -0.2) is 25.7 Å². The van der Waals surface area contributed by atoms with Crippen molar-refractivity contribution in [2.24, 2.45) is 0 Å². The van der Waals surface area contributed by atoms with Crippen molar-refractivity contribution in [1.29, 1.82) is 10.5 Å². The SMILES string of the molecule is CCOc1ccc(NC(=O)/C(C#N)=C/c2cc(I)c(OCC#N)c(OCC)c2)cc1. The summed E-state index contributed by atoms with van der Waals surface area (Å²) in [5.41, 5.74) is 1.09. The number of amides is 1. The lowest BCUT2D eigenvalue weighted by Gasteiger charge is -2.13. The smallest absolute Gasteiger partial charge is 0.266 e. The molecule has 7 nitrogen and oxygen atoms in total.